The van der Waals surface area contributed by atoms with Crippen LogP contribution >= 0.6 is 12.2 Å². The van der Waals surface area contributed by atoms with E-state index in [9.17, 15) is 4.39 Å². The molecular formula is C22H17FN4OS. The summed E-state index contributed by atoms with van der Waals surface area (Å²) in [7, 11) is 0. The number of aromatic amines is 1. The van der Waals surface area contributed by atoms with Crippen molar-refractivity contribution in [1.82, 2.24) is 14.9 Å². The Bertz CT molecular complexity index is 1200. The Morgan fingerprint density at radius 2 is 1.83 bits per heavy atom. The molecule has 1 heterocycles. The molecule has 0 saturated heterocycles. The lowest BCUT2D eigenvalue weighted by Crippen LogP contribution is -1.98. The fraction of sp³-hybridized carbons (Fsp3) is 0.0455. The van der Waals surface area contributed by atoms with Crippen molar-refractivity contribution in [1.29, 1.82) is 0 Å². The number of hydrogen-bond acceptors (Lipinski definition) is 4. The lowest BCUT2D eigenvalue weighted by Gasteiger charge is -2.07. The summed E-state index contributed by atoms with van der Waals surface area (Å²) >= 11 is 5.24. The quantitative estimate of drug-likeness (QED) is 0.355. The topological polar surface area (TPSA) is 55.2 Å². The Morgan fingerprint density at radius 1 is 1.03 bits per heavy atom. The van der Waals surface area contributed by atoms with E-state index >= 15 is 0 Å². The van der Waals surface area contributed by atoms with Gasteiger partial charge in [0.15, 0.2) is 5.82 Å². The molecular weight excluding hydrogens is 387 g/mol. The highest BCUT2D eigenvalue weighted by Crippen LogP contribution is 2.21. The van der Waals surface area contributed by atoms with Gasteiger partial charge < -0.3 is 4.74 Å². The zero-order chi connectivity index (χ0) is 20.1. The summed E-state index contributed by atoms with van der Waals surface area (Å²) in [6.07, 6.45) is 1.63. The highest BCUT2D eigenvalue weighted by molar-refractivity contribution is 7.71. The lowest BCUT2D eigenvalue weighted by molar-refractivity contribution is 0.306. The highest BCUT2D eigenvalue weighted by Gasteiger charge is 2.12. The summed E-state index contributed by atoms with van der Waals surface area (Å²) in [5.41, 5.74) is 2.22. The van der Waals surface area contributed by atoms with Gasteiger partial charge in [0.1, 0.15) is 18.2 Å². The second-order valence-electron chi connectivity index (χ2n) is 6.24. The van der Waals surface area contributed by atoms with Gasteiger partial charge in [0.25, 0.3) is 0 Å². The molecule has 0 bridgehead atoms. The zero-order valence-electron chi connectivity index (χ0n) is 15.3. The molecule has 0 spiro atoms. The first-order valence-electron chi connectivity index (χ1n) is 8.94. The summed E-state index contributed by atoms with van der Waals surface area (Å²) in [6.45, 7) is 0.478. The third-order valence-corrected chi connectivity index (χ3v) is 4.46. The molecule has 0 aliphatic heterocycles. The summed E-state index contributed by atoms with van der Waals surface area (Å²) in [4.78, 5) is 0. The summed E-state index contributed by atoms with van der Waals surface area (Å²) in [5.74, 6) is 0.637. The van der Waals surface area contributed by atoms with Crippen LogP contribution in [-0.2, 0) is 6.61 Å². The molecule has 4 rings (SSSR count). The first kappa shape index (κ1) is 18.8. The van der Waals surface area contributed by atoms with E-state index in [0.717, 1.165) is 16.9 Å². The van der Waals surface area contributed by atoms with Crippen LogP contribution in [0.4, 0.5) is 4.39 Å². The Hall–Kier alpha value is -3.58. The molecule has 1 aromatic heterocycles. The predicted molar refractivity (Wildman–Crippen MR) is 113 cm³/mol. The fourth-order valence-electron chi connectivity index (χ4n) is 2.77. The number of H-pyrrole nitrogens is 1. The second kappa shape index (κ2) is 8.62. The Kier molecular flexibility index (Phi) is 5.58. The molecule has 0 radical (unpaired) electrons. The number of rotatable bonds is 6. The third kappa shape index (κ3) is 4.47. The molecule has 0 saturated carbocycles. The van der Waals surface area contributed by atoms with Crippen LogP contribution in [0.25, 0.3) is 11.4 Å². The molecule has 0 unspecified atom stereocenters. The number of nitrogens with zero attached hydrogens (tertiary/aromatic N) is 3. The molecule has 0 fully saturated rings. The molecule has 0 aliphatic rings. The van der Waals surface area contributed by atoms with Gasteiger partial charge in [-0.3, -0.25) is 0 Å². The number of ether oxygens (including phenoxy) is 1. The van der Waals surface area contributed by atoms with Gasteiger partial charge in [-0.05, 0) is 47.6 Å². The number of aromatic nitrogens is 3. The molecule has 1 N–H and O–H groups in total. The molecule has 3 aromatic carbocycles. The number of hydrogen-bond donors (Lipinski definition) is 1. The van der Waals surface area contributed by atoms with Gasteiger partial charge in [0.05, 0.1) is 11.8 Å². The molecule has 0 atom stereocenters. The van der Waals surface area contributed by atoms with Crippen molar-refractivity contribution in [3.63, 3.8) is 0 Å². The van der Waals surface area contributed by atoms with E-state index in [1.807, 2.05) is 54.6 Å². The van der Waals surface area contributed by atoms with Crippen LogP contribution in [0.5, 0.6) is 5.75 Å². The minimum absolute atomic E-state index is 0.274. The van der Waals surface area contributed by atoms with Crippen molar-refractivity contribution in [3.05, 3.63) is 101 Å². The predicted octanol–water partition coefficient (Wildman–Crippen LogP) is 5.21. The van der Waals surface area contributed by atoms with E-state index in [2.05, 4.69) is 15.3 Å². The van der Waals surface area contributed by atoms with Crippen LogP contribution in [0, 0.1) is 10.6 Å². The van der Waals surface area contributed by atoms with Crippen molar-refractivity contribution in [2.75, 3.05) is 0 Å². The van der Waals surface area contributed by atoms with Gasteiger partial charge >= 0.3 is 0 Å². The minimum atomic E-state index is -0.394. The number of nitrogens with one attached hydrogen (secondary N) is 1. The molecule has 4 aromatic rings. The zero-order valence-corrected chi connectivity index (χ0v) is 16.1. The largest absolute Gasteiger partial charge is 0.489 e. The Labute approximate surface area is 172 Å². The highest BCUT2D eigenvalue weighted by atomic mass is 32.1. The lowest BCUT2D eigenvalue weighted by atomic mass is 10.2. The van der Waals surface area contributed by atoms with Gasteiger partial charge in [0.2, 0.25) is 4.77 Å². The molecule has 29 heavy (non-hydrogen) atoms. The molecule has 0 amide bonds. The van der Waals surface area contributed by atoms with Crippen molar-refractivity contribution in [3.8, 4) is 17.1 Å². The second-order valence-corrected chi connectivity index (χ2v) is 6.62. The monoisotopic (exact) mass is 404 g/mol. The van der Waals surface area contributed by atoms with Crippen molar-refractivity contribution in [2.45, 2.75) is 6.61 Å². The van der Waals surface area contributed by atoms with E-state index < -0.39 is 5.82 Å². The van der Waals surface area contributed by atoms with Crippen molar-refractivity contribution in [2.24, 2.45) is 5.10 Å². The molecule has 7 heteroatoms. The van der Waals surface area contributed by atoms with Gasteiger partial charge in [-0.25, -0.2) is 9.49 Å². The van der Waals surface area contributed by atoms with Gasteiger partial charge in [-0.15, -0.1) is 0 Å². The maximum Gasteiger partial charge on any atom is 0.216 e. The summed E-state index contributed by atoms with van der Waals surface area (Å²) < 4.78 is 21.6. The van der Waals surface area contributed by atoms with Crippen molar-refractivity contribution < 1.29 is 9.13 Å². The molecule has 5 nitrogen and oxygen atoms in total. The third-order valence-electron chi connectivity index (χ3n) is 4.19. The van der Waals surface area contributed by atoms with Crippen LogP contribution in [0.1, 0.15) is 11.1 Å². The van der Waals surface area contributed by atoms with Crippen LogP contribution in [0.2, 0.25) is 0 Å². The van der Waals surface area contributed by atoms with E-state index in [1.165, 1.54) is 10.7 Å². The maximum absolute atomic E-state index is 14.1. The smallest absolute Gasteiger partial charge is 0.216 e. The average molecular weight is 404 g/mol. The van der Waals surface area contributed by atoms with Crippen molar-refractivity contribution >= 4 is 18.4 Å². The summed E-state index contributed by atoms with van der Waals surface area (Å²) in [6, 6.07) is 23.8. The normalized spacial score (nSPS) is 11.1. The van der Waals surface area contributed by atoms with Gasteiger partial charge in [0, 0.05) is 0 Å². The van der Waals surface area contributed by atoms with Crippen LogP contribution in [-0.4, -0.2) is 21.1 Å². The van der Waals surface area contributed by atoms with E-state index in [1.54, 1.807) is 24.4 Å². The first-order chi connectivity index (χ1) is 14.2. The standard InChI is InChI=1S/C22H17FN4OS/c23-20-12-5-4-11-19(20)21-25-26-22(29)27(21)24-14-17-9-6-10-18(13-17)28-15-16-7-2-1-3-8-16/h1-14H,15H2,(H,26,29)/b24-14-. The van der Waals surface area contributed by atoms with E-state index in [-0.39, 0.29) is 4.77 Å². The van der Waals surface area contributed by atoms with Gasteiger partial charge in [-0.2, -0.15) is 14.9 Å². The molecule has 144 valence electrons. The minimum Gasteiger partial charge on any atom is -0.489 e. The Morgan fingerprint density at radius 3 is 2.66 bits per heavy atom. The number of halogens is 1. The Balaban J connectivity index is 1.55. The van der Waals surface area contributed by atoms with Crippen LogP contribution in [0.15, 0.2) is 84.0 Å². The van der Waals surface area contributed by atoms with E-state index in [4.69, 9.17) is 17.0 Å². The maximum atomic E-state index is 14.1. The average Bonchev–Trinajstić information content (AvgIpc) is 3.12. The van der Waals surface area contributed by atoms with Gasteiger partial charge in [-0.1, -0.05) is 54.6 Å². The van der Waals surface area contributed by atoms with E-state index in [0.29, 0.717) is 18.0 Å². The first-order valence-corrected chi connectivity index (χ1v) is 9.35. The summed E-state index contributed by atoms with van der Waals surface area (Å²) in [5, 5.41) is 11.2. The van der Waals surface area contributed by atoms with Crippen LogP contribution < -0.4 is 4.74 Å². The fourth-order valence-corrected chi connectivity index (χ4v) is 2.94. The number of benzene rings is 3. The SMILES string of the molecule is Fc1ccccc1-c1n[nH]c(=S)n1/N=C\c1cccc(OCc2ccccc2)c1. The van der Waals surface area contributed by atoms with Crippen LogP contribution in [0.3, 0.4) is 0 Å². The molecule has 0 aliphatic carbocycles.